The van der Waals surface area contributed by atoms with Crippen LogP contribution in [-0.4, -0.2) is 72.6 Å². The Morgan fingerprint density at radius 3 is 2.45 bits per heavy atom. The number of pyridine rings is 1. The molecule has 1 amide bonds. The lowest BCUT2D eigenvalue weighted by Gasteiger charge is -2.35. The third-order valence-corrected chi connectivity index (χ3v) is 5.75. The first-order valence-corrected chi connectivity index (χ1v) is 10.9. The lowest BCUT2D eigenvalue weighted by atomic mass is 10.1. The highest BCUT2D eigenvalue weighted by atomic mass is 16.5. The molecule has 1 aliphatic rings. The van der Waals surface area contributed by atoms with Crippen LogP contribution >= 0.6 is 0 Å². The van der Waals surface area contributed by atoms with E-state index in [1.165, 1.54) is 0 Å². The molecule has 0 radical (unpaired) electrons. The van der Waals surface area contributed by atoms with Crippen LogP contribution in [0.3, 0.4) is 0 Å². The molecule has 172 valence electrons. The van der Waals surface area contributed by atoms with Crippen molar-refractivity contribution in [2.24, 2.45) is 5.73 Å². The smallest absolute Gasteiger partial charge is 0.236 e. The van der Waals surface area contributed by atoms with Gasteiger partial charge in [-0.15, -0.1) is 0 Å². The van der Waals surface area contributed by atoms with Crippen molar-refractivity contribution in [1.29, 1.82) is 0 Å². The number of ether oxygens (including phenoxy) is 1. The van der Waals surface area contributed by atoms with E-state index >= 15 is 0 Å². The van der Waals surface area contributed by atoms with Crippen molar-refractivity contribution in [3.05, 3.63) is 60.6 Å². The van der Waals surface area contributed by atoms with Gasteiger partial charge in [0.2, 0.25) is 11.9 Å². The molecule has 2 aromatic heterocycles. The zero-order valence-corrected chi connectivity index (χ0v) is 19.0. The molecule has 0 atom stereocenters. The molecule has 0 unspecified atom stereocenters. The van der Waals surface area contributed by atoms with Gasteiger partial charge in [0.15, 0.2) is 11.6 Å². The zero-order valence-electron chi connectivity index (χ0n) is 19.0. The SMILES string of the molecule is COc1cccnc1N1CCN(c2ncc(-c3cccc(CN(C)C(=O)CN)c3)cn2)CC1. The number of rotatable bonds is 7. The van der Waals surface area contributed by atoms with E-state index in [0.717, 1.165) is 60.4 Å². The summed E-state index contributed by atoms with van der Waals surface area (Å²) in [6.07, 6.45) is 5.49. The molecule has 1 saturated heterocycles. The van der Waals surface area contributed by atoms with Gasteiger partial charge in [0.25, 0.3) is 0 Å². The molecular weight excluding hydrogens is 418 g/mol. The number of nitrogens with zero attached hydrogens (tertiary/aromatic N) is 6. The van der Waals surface area contributed by atoms with Crippen LogP contribution in [0.25, 0.3) is 11.1 Å². The summed E-state index contributed by atoms with van der Waals surface area (Å²) >= 11 is 0. The summed E-state index contributed by atoms with van der Waals surface area (Å²) in [5.41, 5.74) is 8.43. The molecule has 0 saturated carbocycles. The van der Waals surface area contributed by atoms with Gasteiger partial charge in [-0.05, 0) is 29.3 Å². The molecular formula is C24H29N7O2. The minimum absolute atomic E-state index is 0.00909. The summed E-state index contributed by atoms with van der Waals surface area (Å²) in [7, 11) is 3.42. The first kappa shape index (κ1) is 22.5. The monoisotopic (exact) mass is 447 g/mol. The van der Waals surface area contributed by atoms with Gasteiger partial charge in [-0.25, -0.2) is 15.0 Å². The van der Waals surface area contributed by atoms with Crippen LogP contribution in [0.4, 0.5) is 11.8 Å². The zero-order chi connectivity index (χ0) is 23.2. The topological polar surface area (TPSA) is 101 Å². The maximum atomic E-state index is 11.8. The van der Waals surface area contributed by atoms with Crippen molar-refractivity contribution in [3.63, 3.8) is 0 Å². The Kier molecular flexibility index (Phi) is 6.99. The van der Waals surface area contributed by atoms with E-state index in [2.05, 4.69) is 30.8 Å². The predicted octanol–water partition coefficient (Wildman–Crippen LogP) is 1.79. The molecule has 33 heavy (non-hydrogen) atoms. The molecule has 2 N–H and O–H groups in total. The minimum atomic E-state index is -0.0883. The van der Waals surface area contributed by atoms with E-state index in [1.807, 2.05) is 42.7 Å². The highest BCUT2D eigenvalue weighted by Crippen LogP contribution is 2.26. The Hall–Kier alpha value is -3.72. The molecule has 9 nitrogen and oxygen atoms in total. The number of hydrogen-bond acceptors (Lipinski definition) is 8. The molecule has 1 aliphatic heterocycles. The normalized spacial score (nSPS) is 13.7. The molecule has 0 bridgehead atoms. The highest BCUT2D eigenvalue weighted by Gasteiger charge is 2.22. The van der Waals surface area contributed by atoms with Crippen molar-refractivity contribution in [2.45, 2.75) is 6.54 Å². The van der Waals surface area contributed by atoms with Crippen molar-refractivity contribution in [3.8, 4) is 16.9 Å². The van der Waals surface area contributed by atoms with Crippen LogP contribution in [0.15, 0.2) is 55.0 Å². The van der Waals surface area contributed by atoms with Crippen molar-refractivity contribution in [2.75, 3.05) is 56.7 Å². The largest absolute Gasteiger partial charge is 0.493 e. The van der Waals surface area contributed by atoms with E-state index in [1.54, 1.807) is 25.3 Å². The predicted molar refractivity (Wildman–Crippen MR) is 128 cm³/mol. The Bertz CT molecular complexity index is 1080. The second-order valence-corrected chi connectivity index (χ2v) is 7.93. The number of hydrogen-bond donors (Lipinski definition) is 1. The fourth-order valence-corrected chi connectivity index (χ4v) is 3.90. The Morgan fingerprint density at radius 1 is 1.03 bits per heavy atom. The second-order valence-electron chi connectivity index (χ2n) is 7.93. The van der Waals surface area contributed by atoms with Gasteiger partial charge in [-0.1, -0.05) is 18.2 Å². The van der Waals surface area contributed by atoms with Gasteiger partial charge in [-0.3, -0.25) is 4.79 Å². The molecule has 3 heterocycles. The van der Waals surface area contributed by atoms with E-state index in [-0.39, 0.29) is 12.5 Å². The summed E-state index contributed by atoms with van der Waals surface area (Å²) in [5, 5.41) is 0. The molecule has 1 aromatic carbocycles. The van der Waals surface area contributed by atoms with Crippen molar-refractivity contribution in [1.82, 2.24) is 19.9 Å². The fraction of sp³-hybridized carbons (Fsp3) is 0.333. The van der Waals surface area contributed by atoms with Gasteiger partial charge < -0.3 is 25.2 Å². The third kappa shape index (κ3) is 5.20. The minimum Gasteiger partial charge on any atom is -0.493 e. The number of methoxy groups -OCH3 is 1. The lowest BCUT2D eigenvalue weighted by molar-refractivity contribution is -0.128. The number of piperazine rings is 1. The molecule has 4 rings (SSSR count). The second kappa shape index (κ2) is 10.3. The summed E-state index contributed by atoms with van der Waals surface area (Å²) in [6.45, 7) is 3.75. The number of amides is 1. The van der Waals surface area contributed by atoms with Gasteiger partial charge >= 0.3 is 0 Å². The van der Waals surface area contributed by atoms with E-state index in [4.69, 9.17) is 10.5 Å². The molecule has 3 aromatic rings. The highest BCUT2D eigenvalue weighted by molar-refractivity contribution is 5.77. The van der Waals surface area contributed by atoms with Gasteiger partial charge in [0, 0.05) is 63.9 Å². The van der Waals surface area contributed by atoms with Crippen LogP contribution in [0.5, 0.6) is 5.75 Å². The molecule has 1 fully saturated rings. The molecule has 0 aliphatic carbocycles. The van der Waals surface area contributed by atoms with Crippen LogP contribution in [-0.2, 0) is 11.3 Å². The summed E-state index contributed by atoms with van der Waals surface area (Å²) in [6, 6.07) is 11.9. The van der Waals surface area contributed by atoms with Crippen molar-refractivity contribution >= 4 is 17.7 Å². The maximum Gasteiger partial charge on any atom is 0.236 e. The fourth-order valence-electron chi connectivity index (χ4n) is 3.90. The van der Waals surface area contributed by atoms with E-state index in [0.29, 0.717) is 6.54 Å². The Morgan fingerprint density at radius 2 is 1.76 bits per heavy atom. The van der Waals surface area contributed by atoms with Crippen LogP contribution in [0, 0.1) is 0 Å². The third-order valence-electron chi connectivity index (χ3n) is 5.75. The quantitative estimate of drug-likeness (QED) is 0.585. The Labute approximate surface area is 193 Å². The first-order valence-electron chi connectivity index (χ1n) is 10.9. The summed E-state index contributed by atoms with van der Waals surface area (Å²) in [4.78, 5) is 31.5. The maximum absolute atomic E-state index is 11.8. The van der Waals surface area contributed by atoms with Crippen LogP contribution in [0.2, 0.25) is 0 Å². The average Bonchev–Trinajstić information content (AvgIpc) is 2.88. The van der Waals surface area contributed by atoms with Crippen LogP contribution in [0.1, 0.15) is 5.56 Å². The average molecular weight is 448 g/mol. The first-order chi connectivity index (χ1) is 16.1. The number of likely N-dealkylation sites (N-methyl/N-ethyl adjacent to an activating group) is 1. The van der Waals surface area contributed by atoms with E-state index in [9.17, 15) is 4.79 Å². The Balaban J connectivity index is 1.40. The number of carbonyl (C=O) groups is 1. The molecule has 9 heteroatoms. The number of aromatic nitrogens is 3. The van der Waals surface area contributed by atoms with Crippen LogP contribution < -0.4 is 20.3 Å². The summed E-state index contributed by atoms with van der Waals surface area (Å²) in [5.74, 6) is 2.28. The van der Waals surface area contributed by atoms with Gasteiger partial charge in [0.05, 0.1) is 13.7 Å². The van der Waals surface area contributed by atoms with Gasteiger partial charge in [0.1, 0.15) is 0 Å². The molecule has 0 spiro atoms. The number of anilines is 2. The number of nitrogens with two attached hydrogens (primary N) is 1. The lowest BCUT2D eigenvalue weighted by Crippen LogP contribution is -2.47. The number of benzene rings is 1. The summed E-state index contributed by atoms with van der Waals surface area (Å²) < 4.78 is 5.44. The van der Waals surface area contributed by atoms with E-state index < -0.39 is 0 Å². The van der Waals surface area contributed by atoms with Crippen molar-refractivity contribution < 1.29 is 9.53 Å². The van der Waals surface area contributed by atoms with Gasteiger partial charge in [-0.2, -0.15) is 0 Å². The number of carbonyl (C=O) groups excluding carboxylic acids is 1. The standard InChI is InChI=1S/C24H29N7O2/c1-29(22(32)14-25)17-18-5-3-6-19(13-18)20-15-27-24(28-16-20)31-11-9-30(10-12-31)23-21(33-2)7-4-8-26-23/h3-8,13,15-16H,9-12,14,17,25H2,1-2H3.